The zero-order valence-electron chi connectivity index (χ0n) is 10.0. The normalized spacial score (nSPS) is 17.0. The molecule has 0 aromatic carbocycles. The molecule has 3 N–H and O–H groups in total. The average Bonchev–Trinajstić information content (AvgIpc) is 2.81. The predicted molar refractivity (Wildman–Crippen MR) is 65.1 cm³/mol. The first-order valence-electron chi connectivity index (χ1n) is 6.06. The Labute approximate surface area is 96.6 Å². The zero-order chi connectivity index (χ0) is 11.5. The maximum Gasteiger partial charge on any atom is 0.143 e. The summed E-state index contributed by atoms with van der Waals surface area (Å²) in [7, 11) is 0. The molecule has 0 radical (unpaired) electrons. The minimum Gasteiger partial charge on any atom is -0.308 e. The Morgan fingerprint density at radius 2 is 2.00 bits per heavy atom. The Balaban J connectivity index is 2.32. The topological polar surface area (TPSA) is 63.8 Å². The summed E-state index contributed by atoms with van der Waals surface area (Å²) in [6, 6.07) is 1.99. The fourth-order valence-corrected chi connectivity index (χ4v) is 2.25. The van der Waals surface area contributed by atoms with Gasteiger partial charge in [0.25, 0.3) is 0 Å². The van der Waals surface area contributed by atoms with Gasteiger partial charge in [0.1, 0.15) is 11.6 Å². The van der Waals surface area contributed by atoms with Crippen molar-refractivity contribution in [1.29, 1.82) is 0 Å². The number of anilines is 1. The van der Waals surface area contributed by atoms with Crippen LogP contribution in [-0.4, -0.2) is 9.97 Å². The lowest BCUT2D eigenvalue weighted by Crippen LogP contribution is -2.13. The maximum absolute atomic E-state index is 5.45. The van der Waals surface area contributed by atoms with Crippen molar-refractivity contribution < 1.29 is 0 Å². The third-order valence-corrected chi connectivity index (χ3v) is 3.20. The van der Waals surface area contributed by atoms with Gasteiger partial charge in [-0.25, -0.2) is 15.8 Å². The molecule has 0 saturated heterocycles. The highest BCUT2D eigenvalue weighted by molar-refractivity contribution is 5.36. The van der Waals surface area contributed by atoms with Gasteiger partial charge in [-0.3, -0.25) is 0 Å². The second-order valence-corrected chi connectivity index (χ2v) is 4.82. The molecule has 1 fully saturated rings. The molecule has 0 unspecified atom stereocenters. The van der Waals surface area contributed by atoms with Crippen LogP contribution >= 0.6 is 0 Å². The van der Waals surface area contributed by atoms with E-state index in [0.29, 0.717) is 11.8 Å². The van der Waals surface area contributed by atoms with Gasteiger partial charge < -0.3 is 5.43 Å². The Hall–Kier alpha value is -1.16. The molecule has 16 heavy (non-hydrogen) atoms. The van der Waals surface area contributed by atoms with Crippen LogP contribution in [0.2, 0.25) is 0 Å². The Morgan fingerprint density at radius 1 is 1.31 bits per heavy atom. The van der Waals surface area contributed by atoms with E-state index in [-0.39, 0.29) is 0 Å². The van der Waals surface area contributed by atoms with Crippen molar-refractivity contribution in [3.8, 4) is 0 Å². The minimum absolute atomic E-state index is 0.341. The van der Waals surface area contributed by atoms with E-state index in [1.54, 1.807) is 0 Å². The second-order valence-electron chi connectivity index (χ2n) is 4.82. The van der Waals surface area contributed by atoms with E-state index in [0.717, 1.165) is 17.3 Å². The van der Waals surface area contributed by atoms with Crippen LogP contribution in [0.15, 0.2) is 6.07 Å². The van der Waals surface area contributed by atoms with Crippen molar-refractivity contribution in [2.45, 2.75) is 51.4 Å². The Kier molecular flexibility index (Phi) is 3.39. The van der Waals surface area contributed by atoms with Crippen LogP contribution in [-0.2, 0) is 0 Å². The second kappa shape index (κ2) is 4.78. The largest absolute Gasteiger partial charge is 0.308 e. The molecule has 0 aliphatic heterocycles. The highest BCUT2D eigenvalue weighted by Crippen LogP contribution is 2.34. The van der Waals surface area contributed by atoms with Crippen molar-refractivity contribution in [2.24, 2.45) is 5.84 Å². The van der Waals surface area contributed by atoms with Crippen molar-refractivity contribution in [3.05, 3.63) is 17.6 Å². The molecule has 0 bridgehead atoms. The zero-order valence-corrected chi connectivity index (χ0v) is 10.0. The molecule has 4 nitrogen and oxygen atoms in total. The van der Waals surface area contributed by atoms with Crippen LogP contribution in [0.5, 0.6) is 0 Å². The van der Waals surface area contributed by atoms with Crippen molar-refractivity contribution in [3.63, 3.8) is 0 Å². The van der Waals surface area contributed by atoms with Gasteiger partial charge >= 0.3 is 0 Å². The summed E-state index contributed by atoms with van der Waals surface area (Å²) in [6.07, 6.45) is 5.13. The van der Waals surface area contributed by atoms with Crippen LogP contribution in [0.3, 0.4) is 0 Å². The summed E-state index contributed by atoms with van der Waals surface area (Å²) in [5.74, 6) is 8.01. The molecule has 4 heteroatoms. The average molecular weight is 220 g/mol. The van der Waals surface area contributed by atoms with E-state index in [4.69, 9.17) is 5.84 Å². The Bertz CT molecular complexity index is 356. The quantitative estimate of drug-likeness (QED) is 0.607. The molecule has 1 aliphatic carbocycles. The first kappa shape index (κ1) is 11.3. The number of rotatable bonds is 3. The Morgan fingerprint density at radius 3 is 2.56 bits per heavy atom. The molecule has 1 aromatic heterocycles. The molecule has 88 valence electrons. The number of hydrogen-bond acceptors (Lipinski definition) is 4. The molecular formula is C12H20N4. The molecule has 1 aromatic rings. The van der Waals surface area contributed by atoms with Crippen molar-refractivity contribution >= 4 is 5.82 Å². The fourth-order valence-electron chi connectivity index (χ4n) is 2.25. The lowest BCUT2D eigenvalue weighted by atomic mass is 10.0. The number of hydrazine groups is 1. The number of hydrogen-bond donors (Lipinski definition) is 2. The highest BCUT2D eigenvalue weighted by Gasteiger charge is 2.20. The number of nitrogens with two attached hydrogens (primary N) is 1. The highest BCUT2D eigenvalue weighted by atomic mass is 15.3. The van der Waals surface area contributed by atoms with E-state index in [1.807, 2.05) is 6.07 Å². The molecule has 1 aliphatic rings. The monoisotopic (exact) mass is 220 g/mol. The third kappa shape index (κ3) is 2.32. The summed E-state index contributed by atoms with van der Waals surface area (Å²) in [4.78, 5) is 9.03. The van der Waals surface area contributed by atoms with Gasteiger partial charge in [0.2, 0.25) is 0 Å². The minimum atomic E-state index is 0.341. The van der Waals surface area contributed by atoms with Gasteiger partial charge in [0.15, 0.2) is 0 Å². The number of aromatic nitrogens is 2. The van der Waals surface area contributed by atoms with E-state index in [9.17, 15) is 0 Å². The fraction of sp³-hybridized carbons (Fsp3) is 0.667. The van der Waals surface area contributed by atoms with Crippen molar-refractivity contribution in [2.75, 3.05) is 5.43 Å². The number of nitrogens with one attached hydrogen (secondary N) is 1. The van der Waals surface area contributed by atoms with Crippen LogP contribution in [0.25, 0.3) is 0 Å². The van der Waals surface area contributed by atoms with Crippen LogP contribution < -0.4 is 11.3 Å². The summed E-state index contributed by atoms with van der Waals surface area (Å²) in [5, 5.41) is 0. The van der Waals surface area contributed by atoms with E-state index in [1.165, 1.54) is 25.7 Å². The maximum atomic E-state index is 5.45. The smallest absolute Gasteiger partial charge is 0.143 e. The summed E-state index contributed by atoms with van der Waals surface area (Å²) >= 11 is 0. The first-order chi connectivity index (χ1) is 7.70. The lowest BCUT2D eigenvalue weighted by Gasteiger charge is -2.13. The molecule has 1 saturated carbocycles. The van der Waals surface area contributed by atoms with Crippen LogP contribution in [0.1, 0.15) is 62.9 Å². The lowest BCUT2D eigenvalue weighted by molar-refractivity contribution is 0.670. The summed E-state index contributed by atoms with van der Waals surface area (Å²) in [5.41, 5.74) is 3.79. The van der Waals surface area contributed by atoms with Gasteiger partial charge in [-0.05, 0) is 12.8 Å². The molecular weight excluding hydrogens is 200 g/mol. The van der Waals surface area contributed by atoms with E-state index >= 15 is 0 Å². The van der Waals surface area contributed by atoms with Crippen molar-refractivity contribution in [1.82, 2.24) is 9.97 Å². The SMILES string of the molecule is CC(C)c1nc(NN)cc(C2CCCC2)n1. The van der Waals surface area contributed by atoms with Crippen LogP contribution in [0.4, 0.5) is 5.82 Å². The molecule has 0 spiro atoms. The molecule has 0 atom stereocenters. The summed E-state index contributed by atoms with van der Waals surface area (Å²) < 4.78 is 0. The van der Waals surface area contributed by atoms with Gasteiger partial charge in [0, 0.05) is 23.6 Å². The van der Waals surface area contributed by atoms with Crippen LogP contribution in [0, 0.1) is 0 Å². The van der Waals surface area contributed by atoms with Gasteiger partial charge in [0.05, 0.1) is 0 Å². The predicted octanol–water partition coefficient (Wildman–Crippen LogP) is 2.54. The third-order valence-electron chi connectivity index (χ3n) is 3.20. The van der Waals surface area contributed by atoms with Gasteiger partial charge in [-0.1, -0.05) is 26.7 Å². The van der Waals surface area contributed by atoms with E-state index < -0.39 is 0 Å². The van der Waals surface area contributed by atoms with Gasteiger partial charge in [-0.15, -0.1) is 0 Å². The van der Waals surface area contributed by atoms with Gasteiger partial charge in [-0.2, -0.15) is 0 Å². The number of nitrogen functional groups attached to an aromatic ring is 1. The molecule has 1 heterocycles. The van der Waals surface area contributed by atoms with E-state index in [2.05, 4.69) is 29.2 Å². The first-order valence-corrected chi connectivity index (χ1v) is 6.06. The number of nitrogens with zero attached hydrogens (tertiary/aromatic N) is 2. The standard InChI is InChI=1S/C12H20N4/c1-8(2)12-14-10(7-11(15-12)16-13)9-5-3-4-6-9/h7-9H,3-6,13H2,1-2H3,(H,14,15,16). The molecule has 2 rings (SSSR count). The molecule has 0 amide bonds. The summed E-state index contributed by atoms with van der Waals surface area (Å²) in [6.45, 7) is 4.21.